The summed E-state index contributed by atoms with van der Waals surface area (Å²) in [5, 5.41) is 20.5. The molecule has 8 N–H and O–H groups in total. The second-order valence-electron chi connectivity index (χ2n) is 6.01. The average Bonchev–Trinajstić information content (AvgIpc) is 3.15. The van der Waals surface area contributed by atoms with E-state index in [4.69, 9.17) is 24.8 Å². The molecule has 0 aliphatic carbocycles. The van der Waals surface area contributed by atoms with Crippen molar-refractivity contribution in [2.45, 2.75) is 24.7 Å². The lowest BCUT2D eigenvalue weighted by molar-refractivity contribution is -0.134. The predicted octanol–water partition coefficient (Wildman–Crippen LogP) is -1.72. The van der Waals surface area contributed by atoms with Crippen LogP contribution in [0.4, 0.5) is 5.95 Å². The van der Waals surface area contributed by atoms with E-state index in [0.717, 1.165) is 10.9 Å². The average molecular weight is 523 g/mol. The summed E-state index contributed by atoms with van der Waals surface area (Å²) in [6, 6.07) is 0. The lowest BCUT2D eigenvalue weighted by atomic mass is 10.2. The molecule has 0 spiro atoms. The van der Waals surface area contributed by atoms with Crippen molar-refractivity contribution in [3.8, 4) is 0 Å². The molecule has 2 aromatic heterocycles. The number of rotatable bonds is 8. The summed E-state index contributed by atoms with van der Waals surface area (Å²) in [6.07, 6.45) is -6.39. The first-order chi connectivity index (χ1) is 14.6. The van der Waals surface area contributed by atoms with Crippen LogP contribution in [0.1, 0.15) is 6.23 Å². The van der Waals surface area contributed by atoms with E-state index in [1.165, 1.54) is 0 Å². The zero-order chi connectivity index (χ0) is 24.1. The number of aromatic nitrogens is 4. The van der Waals surface area contributed by atoms with Gasteiger partial charge in [0.25, 0.3) is 5.56 Å². The number of imidazole rings is 1. The molecule has 1 fully saturated rings. The molecule has 0 saturated carbocycles. The second-order valence-corrected chi connectivity index (χ2v) is 10.7. The highest BCUT2D eigenvalue weighted by atomic mass is 31.3. The van der Waals surface area contributed by atoms with Crippen molar-refractivity contribution in [1.82, 2.24) is 19.5 Å². The van der Waals surface area contributed by atoms with Gasteiger partial charge in [0.1, 0.15) is 12.2 Å². The first kappa shape index (κ1) is 25.1. The number of ether oxygens (including phenoxy) is 1. The Morgan fingerprint density at radius 3 is 2.44 bits per heavy atom. The van der Waals surface area contributed by atoms with Gasteiger partial charge in [-0.05, 0) is 0 Å². The Balaban J connectivity index is 1.85. The summed E-state index contributed by atoms with van der Waals surface area (Å²) in [6.45, 7) is 0. The van der Waals surface area contributed by atoms with Crippen LogP contribution in [0.5, 0.6) is 0 Å². The predicted molar refractivity (Wildman–Crippen MR) is 98.2 cm³/mol. The van der Waals surface area contributed by atoms with Crippen LogP contribution in [0.2, 0.25) is 0 Å². The third-order valence-electron chi connectivity index (χ3n) is 3.79. The van der Waals surface area contributed by atoms with Gasteiger partial charge in [0.15, 0.2) is 23.7 Å². The number of nitrogens with two attached hydrogens (primary N) is 1. The van der Waals surface area contributed by atoms with Crippen LogP contribution in [0, 0.1) is 0 Å². The quantitative estimate of drug-likeness (QED) is 0.189. The summed E-state index contributed by atoms with van der Waals surface area (Å²) in [4.78, 5) is 48.3. The Hall–Kier alpha value is -1.56. The zero-order valence-electron chi connectivity index (χ0n) is 15.6. The number of fused-ring (bicyclic) bond motifs is 1. The summed E-state index contributed by atoms with van der Waals surface area (Å²) in [5.41, 5.74) is 4.40. The number of phosphoric ester groups is 1. The molecule has 1 saturated heterocycles. The maximum atomic E-state index is 12.5. The molecule has 3 heterocycles. The molecular formula is C10H16N5O14P3. The van der Waals surface area contributed by atoms with Gasteiger partial charge in [-0.3, -0.25) is 23.4 Å². The summed E-state index contributed by atoms with van der Waals surface area (Å²) >= 11 is 0. The van der Waals surface area contributed by atoms with E-state index in [2.05, 4.69) is 28.1 Å². The number of H-pyrrole nitrogens is 1. The largest absolute Gasteiger partial charge is 0.490 e. The Bertz CT molecular complexity index is 1210. The summed E-state index contributed by atoms with van der Waals surface area (Å²) < 4.78 is 57.7. The monoisotopic (exact) mass is 523 g/mol. The third-order valence-corrected chi connectivity index (χ3v) is 8.00. The molecule has 6 atom stereocenters. The van der Waals surface area contributed by atoms with Gasteiger partial charge in [0, 0.05) is 7.11 Å². The summed E-state index contributed by atoms with van der Waals surface area (Å²) in [5.74, 6) is -0.300. The van der Waals surface area contributed by atoms with Crippen LogP contribution in [0.15, 0.2) is 11.1 Å². The van der Waals surface area contributed by atoms with Crippen molar-refractivity contribution in [3.63, 3.8) is 0 Å². The molecule has 2 unspecified atom stereocenters. The lowest BCUT2D eigenvalue weighted by Crippen LogP contribution is -2.32. The van der Waals surface area contributed by atoms with Gasteiger partial charge in [-0.1, -0.05) is 0 Å². The van der Waals surface area contributed by atoms with E-state index in [1.807, 2.05) is 0 Å². The van der Waals surface area contributed by atoms with Gasteiger partial charge < -0.3 is 35.4 Å². The number of aliphatic hydroxyl groups is 2. The molecule has 1 aliphatic heterocycles. The van der Waals surface area contributed by atoms with Crippen molar-refractivity contribution >= 4 is 40.6 Å². The van der Waals surface area contributed by atoms with Crippen LogP contribution in [0.3, 0.4) is 0 Å². The minimum absolute atomic E-state index is 0.163. The fourth-order valence-corrected chi connectivity index (χ4v) is 5.98. The molecule has 1 aliphatic rings. The number of hydrogen-bond acceptors (Lipinski definition) is 14. The fraction of sp³-hybridized carbons (Fsp3) is 0.500. The number of hydrogen-bond donors (Lipinski definition) is 7. The lowest BCUT2D eigenvalue weighted by Gasteiger charge is -2.22. The number of aromatic amines is 1. The van der Waals surface area contributed by atoms with Crippen molar-refractivity contribution < 1.29 is 61.0 Å². The van der Waals surface area contributed by atoms with Crippen LogP contribution in [-0.2, 0) is 36.1 Å². The van der Waals surface area contributed by atoms with Gasteiger partial charge in [-0.2, -0.15) is 13.6 Å². The summed E-state index contributed by atoms with van der Waals surface area (Å²) in [7, 11) is -15.8. The topological polar surface area (TPSA) is 288 Å². The van der Waals surface area contributed by atoms with Crippen LogP contribution in [0.25, 0.3) is 11.2 Å². The van der Waals surface area contributed by atoms with E-state index in [-0.39, 0.29) is 17.1 Å². The van der Waals surface area contributed by atoms with Crippen LogP contribution in [-0.4, -0.2) is 70.0 Å². The Morgan fingerprint density at radius 1 is 1.19 bits per heavy atom. The third kappa shape index (κ3) is 5.32. The zero-order valence-corrected chi connectivity index (χ0v) is 18.2. The highest BCUT2D eigenvalue weighted by Gasteiger charge is 2.51. The van der Waals surface area contributed by atoms with Gasteiger partial charge in [0.05, 0.1) is 6.33 Å². The molecule has 0 bridgehead atoms. The molecule has 19 nitrogen and oxygen atoms in total. The molecule has 180 valence electrons. The molecule has 2 aromatic rings. The smallest absolute Gasteiger partial charge is 0.385 e. The highest BCUT2D eigenvalue weighted by molar-refractivity contribution is 7.66. The number of nitrogen functional groups attached to an aromatic ring is 1. The van der Waals surface area contributed by atoms with Crippen LogP contribution < -0.4 is 11.3 Å². The molecule has 0 amide bonds. The van der Waals surface area contributed by atoms with Gasteiger partial charge in [-0.25, -0.2) is 18.7 Å². The first-order valence-electron chi connectivity index (χ1n) is 8.04. The standard InChI is InChI=1S/C10H16N5O14P3/c1-25-32(24,29-31(22,23)28-30(19,20)21)27-9-5(17)4(16)8(26-9)15-2-12-3-6(15)13-10(11)14-7(3)18/h2,4-5,8-9,16-17H,1H3,(H,22,23)(H2,19,20,21)(H3,11,13,14,18)/t4-,5+,8-,9-,32?/m1/s1. The molecule has 32 heavy (non-hydrogen) atoms. The molecule has 0 radical (unpaired) electrons. The Kier molecular flexibility index (Phi) is 6.78. The maximum absolute atomic E-state index is 12.5. The molecular weight excluding hydrogens is 507 g/mol. The first-order valence-corrected chi connectivity index (χ1v) is 12.5. The van der Waals surface area contributed by atoms with Gasteiger partial charge in [-0.15, -0.1) is 0 Å². The van der Waals surface area contributed by atoms with Crippen molar-refractivity contribution in [3.05, 3.63) is 16.7 Å². The van der Waals surface area contributed by atoms with Crippen molar-refractivity contribution in [2.75, 3.05) is 12.8 Å². The number of phosphoric acid groups is 3. The number of nitrogens with zero attached hydrogens (tertiary/aromatic N) is 3. The Morgan fingerprint density at radius 2 is 1.84 bits per heavy atom. The van der Waals surface area contributed by atoms with Gasteiger partial charge in [0.2, 0.25) is 5.95 Å². The second kappa shape index (κ2) is 8.66. The van der Waals surface area contributed by atoms with E-state index >= 15 is 0 Å². The van der Waals surface area contributed by atoms with Crippen molar-refractivity contribution in [2.24, 2.45) is 0 Å². The molecule has 3 rings (SSSR count). The molecule has 0 aromatic carbocycles. The number of nitrogens with one attached hydrogen (secondary N) is 1. The molecule has 22 heteroatoms. The van der Waals surface area contributed by atoms with E-state index < -0.39 is 53.8 Å². The van der Waals surface area contributed by atoms with E-state index in [9.17, 15) is 33.6 Å². The van der Waals surface area contributed by atoms with Crippen LogP contribution >= 0.6 is 23.5 Å². The minimum atomic E-state index is -5.70. The highest BCUT2D eigenvalue weighted by Crippen LogP contribution is 2.68. The minimum Gasteiger partial charge on any atom is -0.385 e. The van der Waals surface area contributed by atoms with E-state index in [0.29, 0.717) is 7.11 Å². The Labute approximate surface area is 176 Å². The van der Waals surface area contributed by atoms with Gasteiger partial charge >= 0.3 is 23.5 Å². The fourth-order valence-electron chi connectivity index (χ4n) is 2.57. The van der Waals surface area contributed by atoms with Crippen molar-refractivity contribution in [1.29, 1.82) is 0 Å². The normalized spacial score (nSPS) is 27.9. The number of aliphatic hydroxyl groups excluding tert-OH is 2. The maximum Gasteiger partial charge on any atom is 0.490 e. The number of anilines is 1. The van der Waals surface area contributed by atoms with E-state index in [1.54, 1.807) is 0 Å². The SMILES string of the molecule is COP(=O)(O[C@H]1O[C@@H](n2cnc3c(=O)[nH]c(N)nc32)[C@H](O)[C@@H]1O)OP(=O)(O)OP(=O)(O)O.